The van der Waals surface area contributed by atoms with Crippen LogP contribution in [-0.4, -0.2) is 29.2 Å². The minimum atomic E-state index is 0. The molecule has 0 aliphatic carbocycles. The Morgan fingerprint density at radius 2 is 1.80 bits per heavy atom. The van der Waals surface area contributed by atoms with Gasteiger partial charge in [-0.15, -0.1) is 24.0 Å². The van der Waals surface area contributed by atoms with E-state index in [9.17, 15) is 0 Å². The number of guanidine groups is 1. The number of aryl methyl sites for hydroxylation is 1. The van der Waals surface area contributed by atoms with E-state index in [0.717, 1.165) is 35.2 Å². The van der Waals surface area contributed by atoms with Crippen LogP contribution in [-0.2, 0) is 13.6 Å². The zero-order valence-electron chi connectivity index (χ0n) is 18.3. The van der Waals surface area contributed by atoms with Gasteiger partial charge in [0, 0.05) is 14.1 Å². The Balaban J connectivity index is 0.00000320. The van der Waals surface area contributed by atoms with Crippen molar-refractivity contribution in [2.24, 2.45) is 18.0 Å². The SMILES string of the molecule is CN=C(NCc1nc2ccccc2n1C)NC(C)c1ccc(OCC(C)C)cc1.I. The highest BCUT2D eigenvalue weighted by molar-refractivity contribution is 14.0. The van der Waals surface area contributed by atoms with Gasteiger partial charge in [0.15, 0.2) is 5.96 Å². The van der Waals surface area contributed by atoms with Crippen LogP contribution in [0.15, 0.2) is 53.5 Å². The largest absolute Gasteiger partial charge is 0.493 e. The minimum absolute atomic E-state index is 0. The van der Waals surface area contributed by atoms with Gasteiger partial charge in [-0.05, 0) is 42.7 Å². The molecule has 3 aromatic rings. The van der Waals surface area contributed by atoms with Crippen LogP contribution in [0.5, 0.6) is 5.75 Å². The van der Waals surface area contributed by atoms with Crippen LogP contribution in [0, 0.1) is 5.92 Å². The molecule has 0 bridgehead atoms. The first-order valence-corrected chi connectivity index (χ1v) is 10.1. The van der Waals surface area contributed by atoms with Gasteiger partial charge in [-0.25, -0.2) is 4.98 Å². The van der Waals surface area contributed by atoms with E-state index in [-0.39, 0.29) is 30.0 Å². The number of rotatable bonds is 7. The van der Waals surface area contributed by atoms with Crippen molar-refractivity contribution >= 4 is 41.0 Å². The van der Waals surface area contributed by atoms with Crippen molar-refractivity contribution in [1.82, 2.24) is 20.2 Å². The van der Waals surface area contributed by atoms with Gasteiger partial charge < -0.3 is 19.9 Å². The van der Waals surface area contributed by atoms with E-state index in [1.165, 1.54) is 5.56 Å². The Morgan fingerprint density at radius 3 is 2.43 bits per heavy atom. The molecule has 0 saturated heterocycles. The van der Waals surface area contributed by atoms with Crippen LogP contribution in [0.25, 0.3) is 11.0 Å². The molecule has 1 heterocycles. The van der Waals surface area contributed by atoms with Gasteiger partial charge >= 0.3 is 0 Å². The summed E-state index contributed by atoms with van der Waals surface area (Å²) < 4.78 is 7.87. The van der Waals surface area contributed by atoms with Crippen LogP contribution in [0.2, 0.25) is 0 Å². The number of ether oxygens (including phenoxy) is 1. The summed E-state index contributed by atoms with van der Waals surface area (Å²) in [5.41, 5.74) is 3.30. The quantitative estimate of drug-likeness (QED) is 0.270. The molecule has 1 atom stereocenters. The summed E-state index contributed by atoms with van der Waals surface area (Å²) in [6.07, 6.45) is 0. The second-order valence-electron chi connectivity index (χ2n) is 7.64. The van der Waals surface area contributed by atoms with Crippen LogP contribution >= 0.6 is 24.0 Å². The molecule has 0 aliphatic rings. The maximum absolute atomic E-state index is 5.76. The topological polar surface area (TPSA) is 63.5 Å². The number of nitrogens with one attached hydrogen (secondary N) is 2. The van der Waals surface area contributed by atoms with E-state index < -0.39 is 0 Å². The van der Waals surface area contributed by atoms with Crippen molar-refractivity contribution in [2.45, 2.75) is 33.4 Å². The fraction of sp³-hybridized carbons (Fsp3) is 0.391. The number of aliphatic imine (C=N–C) groups is 1. The van der Waals surface area contributed by atoms with Crippen molar-refractivity contribution in [3.63, 3.8) is 0 Å². The Hall–Kier alpha value is -2.29. The average Bonchev–Trinajstić information content (AvgIpc) is 3.05. The number of aromatic nitrogens is 2. The van der Waals surface area contributed by atoms with Crippen molar-refractivity contribution in [3.8, 4) is 5.75 Å². The van der Waals surface area contributed by atoms with E-state index in [4.69, 9.17) is 9.72 Å². The third-order valence-electron chi connectivity index (χ3n) is 4.83. The van der Waals surface area contributed by atoms with Gasteiger partial charge in [-0.1, -0.05) is 38.1 Å². The van der Waals surface area contributed by atoms with Crippen molar-refractivity contribution < 1.29 is 4.74 Å². The molecule has 30 heavy (non-hydrogen) atoms. The predicted octanol–water partition coefficient (Wildman–Crippen LogP) is 4.65. The summed E-state index contributed by atoms with van der Waals surface area (Å²) in [7, 11) is 3.81. The van der Waals surface area contributed by atoms with E-state index in [2.05, 4.69) is 59.2 Å². The molecule has 0 fully saturated rings. The van der Waals surface area contributed by atoms with Crippen LogP contribution in [0.3, 0.4) is 0 Å². The average molecular weight is 521 g/mol. The Labute approximate surface area is 196 Å². The fourth-order valence-electron chi connectivity index (χ4n) is 3.11. The molecule has 1 unspecified atom stereocenters. The van der Waals surface area contributed by atoms with Gasteiger partial charge in [-0.2, -0.15) is 0 Å². The highest BCUT2D eigenvalue weighted by atomic mass is 127. The van der Waals surface area contributed by atoms with Gasteiger partial charge in [0.2, 0.25) is 0 Å². The molecular weight excluding hydrogens is 489 g/mol. The first-order valence-electron chi connectivity index (χ1n) is 10.1. The Bertz CT molecular complexity index is 965. The second kappa shape index (κ2) is 11.2. The van der Waals surface area contributed by atoms with Crippen LogP contribution < -0.4 is 15.4 Å². The maximum Gasteiger partial charge on any atom is 0.191 e. The maximum atomic E-state index is 5.76. The molecule has 0 spiro atoms. The third-order valence-corrected chi connectivity index (χ3v) is 4.83. The highest BCUT2D eigenvalue weighted by Gasteiger charge is 2.11. The Morgan fingerprint density at radius 1 is 1.10 bits per heavy atom. The monoisotopic (exact) mass is 521 g/mol. The van der Waals surface area contributed by atoms with Crippen LogP contribution in [0.1, 0.15) is 38.2 Å². The summed E-state index contributed by atoms with van der Waals surface area (Å²) in [5.74, 6) is 3.12. The number of hydrogen-bond donors (Lipinski definition) is 2. The number of benzene rings is 2. The second-order valence-corrected chi connectivity index (χ2v) is 7.64. The lowest BCUT2D eigenvalue weighted by Crippen LogP contribution is -2.38. The Kier molecular flexibility index (Phi) is 8.95. The van der Waals surface area contributed by atoms with E-state index in [0.29, 0.717) is 12.5 Å². The molecular formula is C23H32IN5O. The van der Waals surface area contributed by atoms with E-state index in [1.54, 1.807) is 7.05 Å². The number of para-hydroxylation sites is 2. The number of hydrogen-bond acceptors (Lipinski definition) is 3. The van der Waals surface area contributed by atoms with E-state index >= 15 is 0 Å². The lowest BCUT2D eigenvalue weighted by Gasteiger charge is -2.19. The van der Waals surface area contributed by atoms with Crippen molar-refractivity contribution in [1.29, 1.82) is 0 Å². The minimum Gasteiger partial charge on any atom is -0.493 e. The number of fused-ring (bicyclic) bond motifs is 1. The molecule has 0 aliphatic heterocycles. The van der Waals surface area contributed by atoms with Gasteiger partial charge in [-0.3, -0.25) is 4.99 Å². The number of imidazole rings is 1. The summed E-state index contributed by atoms with van der Waals surface area (Å²) in [6, 6.07) is 16.5. The normalized spacial score (nSPS) is 12.5. The summed E-state index contributed by atoms with van der Waals surface area (Å²) in [6.45, 7) is 7.73. The molecule has 162 valence electrons. The van der Waals surface area contributed by atoms with Gasteiger partial charge in [0.25, 0.3) is 0 Å². The summed E-state index contributed by atoms with van der Waals surface area (Å²) in [5, 5.41) is 6.80. The van der Waals surface area contributed by atoms with Gasteiger partial charge in [0.05, 0.1) is 30.2 Å². The molecule has 3 rings (SSSR count). The first-order chi connectivity index (χ1) is 14.0. The zero-order valence-corrected chi connectivity index (χ0v) is 20.7. The summed E-state index contributed by atoms with van der Waals surface area (Å²) >= 11 is 0. The van der Waals surface area contributed by atoms with Crippen molar-refractivity contribution in [3.05, 3.63) is 59.9 Å². The molecule has 2 aromatic carbocycles. The number of halogens is 1. The van der Waals surface area contributed by atoms with Crippen LogP contribution in [0.4, 0.5) is 0 Å². The smallest absolute Gasteiger partial charge is 0.191 e. The van der Waals surface area contributed by atoms with E-state index in [1.807, 2.05) is 37.4 Å². The molecule has 2 N–H and O–H groups in total. The predicted molar refractivity (Wildman–Crippen MR) is 135 cm³/mol. The third kappa shape index (κ3) is 6.10. The summed E-state index contributed by atoms with van der Waals surface area (Å²) in [4.78, 5) is 9.05. The first kappa shape index (κ1) is 24.0. The number of nitrogens with zero attached hydrogens (tertiary/aromatic N) is 3. The fourth-order valence-corrected chi connectivity index (χ4v) is 3.11. The molecule has 0 amide bonds. The zero-order chi connectivity index (χ0) is 20.8. The molecule has 1 aromatic heterocycles. The lowest BCUT2D eigenvalue weighted by atomic mass is 10.1. The molecule has 0 saturated carbocycles. The standard InChI is InChI=1S/C23H31N5O.HI/c1-16(2)15-29-19-12-10-18(11-13-19)17(3)26-23(24-4)25-14-22-27-20-8-6-7-9-21(20)28(22)5;/h6-13,16-17H,14-15H2,1-5H3,(H2,24,25,26);1H. The highest BCUT2D eigenvalue weighted by Crippen LogP contribution is 2.18. The van der Waals surface area contributed by atoms with Crippen molar-refractivity contribution in [2.75, 3.05) is 13.7 Å². The molecule has 6 nitrogen and oxygen atoms in total. The lowest BCUT2D eigenvalue weighted by molar-refractivity contribution is 0.271. The molecule has 7 heteroatoms. The van der Waals surface area contributed by atoms with Gasteiger partial charge in [0.1, 0.15) is 11.6 Å². The molecule has 0 radical (unpaired) electrons.